The summed E-state index contributed by atoms with van der Waals surface area (Å²) in [6.45, 7) is 1.44. The second-order valence-electron chi connectivity index (χ2n) is 7.67. The predicted octanol–water partition coefficient (Wildman–Crippen LogP) is 1.46. The second-order valence-corrected chi connectivity index (χ2v) is 7.67. The molecule has 1 saturated heterocycles. The van der Waals surface area contributed by atoms with Crippen molar-refractivity contribution >= 4 is 11.6 Å². The highest BCUT2D eigenvalue weighted by Gasteiger charge is 2.30. The minimum atomic E-state index is -0.518. The molecule has 2 fully saturated rings. The number of aromatic nitrogens is 4. The van der Waals surface area contributed by atoms with Gasteiger partial charge in [0.15, 0.2) is 5.82 Å². The molecule has 3 unspecified atom stereocenters. The number of rotatable bonds is 5. The summed E-state index contributed by atoms with van der Waals surface area (Å²) in [6, 6.07) is 6.98. The number of anilines is 2. The van der Waals surface area contributed by atoms with Crippen LogP contribution in [-0.4, -0.2) is 50.3 Å². The van der Waals surface area contributed by atoms with Crippen LogP contribution in [-0.2, 0) is 0 Å². The van der Waals surface area contributed by atoms with Gasteiger partial charge in [-0.05, 0) is 50.7 Å². The lowest BCUT2D eigenvalue weighted by Gasteiger charge is -2.37. The molecule has 1 saturated carbocycles. The van der Waals surface area contributed by atoms with E-state index in [4.69, 9.17) is 0 Å². The number of aliphatic hydroxyl groups excluding tert-OH is 1. The lowest BCUT2D eigenvalue weighted by molar-refractivity contribution is 0.127. The van der Waals surface area contributed by atoms with E-state index in [1.807, 2.05) is 0 Å². The highest BCUT2D eigenvalue weighted by molar-refractivity contribution is 5.50. The number of nitrogens with zero attached hydrogens (tertiary/aromatic N) is 6. The van der Waals surface area contributed by atoms with Gasteiger partial charge in [-0.3, -0.25) is 4.79 Å². The van der Waals surface area contributed by atoms with E-state index in [0.29, 0.717) is 24.3 Å². The van der Waals surface area contributed by atoms with E-state index >= 15 is 0 Å². The minimum Gasteiger partial charge on any atom is -0.391 e. The molecule has 9 nitrogen and oxygen atoms in total. The topological polar surface area (TPSA) is 120 Å². The number of aliphatic hydroxyl groups is 1. The molecular formula is C20H25N7O2. The molecule has 4 rings (SSSR count). The fourth-order valence-corrected chi connectivity index (χ4v) is 4.29. The number of nitrogens with one attached hydrogen (secondary N) is 1. The Morgan fingerprint density at radius 1 is 1.21 bits per heavy atom. The van der Waals surface area contributed by atoms with Crippen LogP contribution in [0.15, 0.2) is 29.2 Å². The van der Waals surface area contributed by atoms with Crippen molar-refractivity contribution in [3.8, 4) is 6.07 Å². The maximum absolute atomic E-state index is 12.4. The molecule has 1 aliphatic heterocycles. The summed E-state index contributed by atoms with van der Waals surface area (Å²) in [6.07, 6.45) is 6.50. The molecule has 2 aliphatic rings. The van der Waals surface area contributed by atoms with Crippen LogP contribution in [0.2, 0.25) is 0 Å². The molecule has 1 aliphatic carbocycles. The Balaban J connectivity index is 1.54. The van der Waals surface area contributed by atoms with Gasteiger partial charge < -0.3 is 15.3 Å². The van der Waals surface area contributed by atoms with Gasteiger partial charge in [-0.25, -0.2) is 4.68 Å². The average molecular weight is 395 g/mol. The average Bonchev–Trinajstić information content (AvgIpc) is 3.18. The number of hydrogen-bond acceptors (Lipinski definition) is 8. The first-order chi connectivity index (χ1) is 14.2. The molecule has 2 N–H and O–H groups in total. The van der Waals surface area contributed by atoms with Gasteiger partial charge in [0.05, 0.1) is 23.9 Å². The molecule has 0 spiro atoms. The van der Waals surface area contributed by atoms with Crippen molar-refractivity contribution in [1.29, 1.82) is 5.26 Å². The first kappa shape index (κ1) is 19.3. The van der Waals surface area contributed by atoms with Gasteiger partial charge in [0, 0.05) is 25.2 Å². The van der Waals surface area contributed by atoms with E-state index in [1.54, 1.807) is 18.2 Å². The Hall–Kier alpha value is -2.99. The van der Waals surface area contributed by atoms with Crippen LogP contribution < -0.4 is 15.8 Å². The molecule has 0 aromatic carbocycles. The van der Waals surface area contributed by atoms with Crippen molar-refractivity contribution in [2.75, 3.05) is 23.3 Å². The van der Waals surface area contributed by atoms with Gasteiger partial charge in [-0.2, -0.15) is 15.5 Å². The number of piperidine rings is 1. The van der Waals surface area contributed by atoms with Crippen LogP contribution in [0.25, 0.3) is 0 Å². The Morgan fingerprint density at radius 3 is 2.90 bits per heavy atom. The lowest BCUT2D eigenvalue weighted by atomic mass is 10.0. The molecule has 152 valence electrons. The van der Waals surface area contributed by atoms with Crippen molar-refractivity contribution in [2.45, 2.75) is 56.7 Å². The lowest BCUT2D eigenvalue weighted by Crippen LogP contribution is -2.45. The molecule has 3 heterocycles. The van der Waals surface area contributed by atoms with E-state index in [9.17, 15) is 15.2 Å². The molecule has 2 aromatic heterocycles. The maximum atomic E-state index is 12.4. The molecule has 0 bridgehead atoms. The van der Waals surface area contributed by atoms with E-state index in [2.05, 4.69) is 31.6 Å². The molecule has 0 radical (unpaired) electrons. The van der Waals surface area contributed by atoms with Crippen LogP contribution in [0.3, 0.4) is 0 Å². The summed E-state index contributed by atoms with van der Waals surface area (Å²) in [4.78, 5) is 14.6. The van der Waals surface area contributed by atoms with Crippen molar-refractivity contribution in [2.24, 2.45) is 0 Å². The largest absolute Gasteiger partial charge is 0.391 e. The SMILES string of the molecule is N#Cc1ccnnc1NCC1CCCCN1c1ccc(=O)n(C2CCCC2O)n1. The molecule has 0 amide bonds. The van der Waals surface area contributed by atoms with Gasteiger partial charge in [0.25, 0.3) is 5.56 Å². The van der Waals surface area contributed by atoms with Gasteiger partial charge in [-0.1, -0.05) is 0 Å². The summed E-state index contributed by atoms with van der Waals surface area (Å²) in [5.74, 6) is 1.22. The Labute approximate surface area is 169 Å². The Bertz CT molecular complexity index is 954. The predicted molar refractivity (Wildman–Crippen MR) is 108 cm³/mol. The maximum Gasteiger partial charge on any atom is 0.267 e. The smallest absolute Gasteiger partial charge is 0.267 e. The van der Waals surface area contributed by atoms with Crippen LogP contribution in [0.5, 0.6) is 0 Å². The summed E-state index contributed by atoms with van der Waals surface area (Å²) < 4.78 is 1.46. The fraction of sp³-hybridized carbons (Fsp3) is 0.550. The van der Waals surface area contributed by atoms with Gasteiger partial charge in [0.1, 0.15) is 11.9 Å². The first-order valence-electron chi connectivity index (χ1n) is 10.2. The summed E-state index contributed by atoms with van der Waals surface area (Å²) in [5.41, 5.74) is 0.286. The third-order valence-corrected chi connectivity index (χ3v) is 5.84. The fourth-order valence-electron chi connectivity index (χ4n) is 4.29. The van der Waals surface area contributed by atoms with Gasteiger partial charge in [0.2, 0.25) is 0 Å². The Morgan fingerprint density at radius 2 is 2.10 bits per heavy atom. The van der Waals surface area contributed by atoms with E-state index in [0.717, 1.165) is 44.5 Å². The van der Waals surface area contributed by atoms with Crippen molar-refractivity contribution in [1.82, 2.24) is 20.0 Å². The number of nitriles is 1. The van der Waals surface area contributed by atoms with Gasteiger partial charge >= 0.3 is 0 Å². The second kappa shape index (κ2) is 8.57. The monoisotopic (exact) mass is 395 g/mol. The van der Waals surface area contributed by atoms with Crippen molar-refractivity contribution < 1.29 is 5.11 Å². The van der Waals surface area contributed by atoms with Crippen molar-refractivity contribution in [3.63, 3.8) is 0 Å². The summed E-state index contributed by atoms with van der Waals surface area (Å²) in [5, 5.41) is 35.2. The molecule has 3 atom stereocenters. The van der Waals surface area contributed by atoms with Crippen LogP contribution in [0.4, 0.5) is 11.6 Å². The van der Waals surface area contributed by atoms with E-state index < -0.39 is 6.10 Å². The normalized spacial score (nSPS) is 24.3. The third-order valence-electron chi connectivity index (χ3n) is 5.84. The highest BCUT2D eigenvalue weighted by Crippen LogP contribution is 2.29. The summed E-state index contributed by atoms with van der Waals surface area (Å²) in [7, 11) is 0. The zero-order valence-electron chi connectivity index (χ0n) is 16.2. The zero-order valence-corrected chi connectivity index (χ0v) is 16.2. The Kier molecular flexibility index (Phi) is 5.71. The van der Waals surface area contributed by atoms with Crippen molar-refractivity contribution in [3.05, 3.63) is 40.3 Å². The molecule has 29 heavy (non-hydrogen) atoms. The summed E-state index contributed by atoms with van der Waals surface area (Å²) >= 11 is 0. The molecular weight excluding hydrogens is 370 g/mol. The van der Waals surface area contributed by atoms with Crippen LogP contribution in [0, 0.1) is 11.3 Å². The van der Waals surface area contributed by atoms with E-state index in [-0.39, 0.29) is 17.6 Å². The highest BCUT2D eigenvalue weighted by atomic mass is 16.3. The first-order valence-corrected chi connectivity index (χ1v) is 10.2. The third kappa shape index (κ3) is 4.07. The van der Waals surface area contributed by atoms with Crippen LogP contribution >= 0.6 is 0 Å². The standard InChI is InChI=1S/C20H25N7O2/c21-12-14-9-10-23-24-20(14)22-13-15-4-1-2-11-26(15)18-7-8-19(29)27(25-18)16-5-3-6-17(16)28/h7-10,15-17,28H,1-6,11,13H2,(H,22,24). The van der Waals surface area contributed by atoms with E-state index in [1.165, 1.54) is 10.9 Å². The minimum absolute atomic E-state index is 0.157. The zero-order chi connectivity index (χ0) is 20.2. The number of hydrogen-bond donors (Lipinski definition) is 2. The van der Waals surface area contributed by atoms with Gasteiger partial charge in [-0.15, -0.1) is 5.10 Å². The molecule has 2 aromatic rings. The van der Waals surface area contributed by atoms with Crippen LogP contribution in [0.1, 0.15) is 50.1 Å². The quantitative estimate of drug-likeness (QED) is 0.781. The molecule has 9 heteroatoms.